The molecular formula is C20H24Cl2N4O5S. The van der Waals surface area contributed by atoms with Gasteiger partial charge < -0.3 is 20.0 Å². The van der Waals surface area contributed by atoms with E-state index in [1.807, 2.05) is 20.8 Å². The molecule has 0 atom stereocenters. The van der Waals surface area contributed by atoms with Gasteiger partial charge in [0, 0.05) is 31.1 Å². The number of hydrogen-bond donors (Lipinski definition) is 3. The number of furan rings is 1. The van der Waals surface area contributed by atoms with Gasteiger partial charge in [-0.15, -0.1) is 0 Å². The molecule has 1 aliphatic rings. The maximum Gasteiger partial charge on any atom is 0.323 e. The number of benzene rings is 1. The number of amides is 3. The highest BCUT2D eigenvalue weighted by atomic mass is 35.5. The van der Waals surface area contributed by atoms with Crippen molar-refractivity contribution in [1.29, 1.82) is 0 Å². The van der Waals surface area contributed by atoms with Crippen LogP contribution in [0.2, 0.25) is 10.0 Å². The first-order chi connectivity index (χ1) is 14.9. The van der Waals surface area contributed by atoms with Gasteiger partial charge in [-0.1, -0.05) is 50.0 Å². The standard InChI is InChI=1S/C20H24Cl2N4O5S/c1-20(2,3)15-11-14(25-19(28)24-13-6-4-5-12(21)16(13)22)17(31-15)18(27)26-8-7-23-32(29,30)10-9-26/h4-6,11,23H,7-10H2,1-3H3,(H2,24,25,28). The van der Waals surface area contributed by atoms with Gasteiger partial charge in [0.05, 0.1) is 27.2 Å². The third-order valence-corrected chi connectivity index (χ3v) is 6.92. The molecule has 32 heavy (non-hydrogen) atoms. The maximum atomic E-state index is 13.2. The Morgan fingerprint density at radius 2 is 1.81 bits per heavy atom. The quantitative estimate of drug-likeness (QED) is 0.587. The van der Waals surface area contributed by atoms with E-state index in [1.165, 1.54) is 4.90 Å². The van der Waals surface area contributed by atoms with Crippen LogP contribution in [0.25, 0.3) is 0 Å². The second-order valence-corrected chi connectivity index (χ2v) is 11.0. The second-order valence-electron chi connectivity index (χ2n) is 8.29. The highest BCUT2D eigenvalue weighted by Crippen LogP contribution is 2.32. The van der Waals surface area contributed by atoms with Crippen LogP contribution in [0.3, 0.4) is 0 Å². The van der Waals surface area contributed by atoms with E-state index < -0.39 is 27.4 Å². The molecule has 3 amide bonds. The number of halogens is 2. The number of carbonyl (C=O) groups is 2. The molecule has 1 aliphatic heterocycles. The first-order valence-corrected chi connectivity index (χ1v) is 12.2. The van der Waals surface area contributed by atoms with Crippen LogP contribution in [0.1, 0.15) is 37.1 Å². The highest BCUT2D eigenvalue weighted by Gasteiger charge is 2.30. The van der Waals surface area contributed by atoms with Crippen molar-refractivity contribution >= 4 is 56.5 Å². The first-order valence-electron chi connectivity index (χ1n) is 9.80. The lowest BCUT2D eigenvalue weighted by molar-refractivity contribution is 0.0737. The maximum absolute atomic E-state index is 13.2. The van der Waals surface area contributed by atoms with Crippen LogP contribution in [0.15, 0.2) is 28.7 Å². The molecule has 174 valence electrons. The summed E-state index contributed by atoms with van der Waals surface area (Å²) >= 11 is 12.1. The minimum Gasteiger partial charge on any atom is -0.453 e. The number of urea groups is 1. The van der Waals surface area contributed by atoms with Crippen molar-refractivity contribution in [2.75, 3.05) is 36.0 Å². The Kier molecular flexibility index (Phi) is 7.09. The molecule has 3 rings (SSSR count). The lowest BCUT2D eigenvalue weighted by Crippen LogP contribution is -2.35. The Balaban J connectivity index is 1.86. The first kappa shape index (κ1) is 24.4. The zero-order chi connectivity index (χ0) is 23.7. The van der Waals surface area contributed by atoms with Crippen LogP contribution >= 0.6 is 23.2 Å². The van der Waals surface area contributed by atoms with E-state index in [1.54, 1.807) is 24.3 Å². The Labute approximate surface area is 196 Å². The SMILES string of the molecule is CC(C)(C)c1cc(NC(=O)Nc2cccc(Cl)c2Cl)c(C(=O)N2CCNS(=O)(=O)CC2)o1. The molecule has 0 spiro atoms. The molecule has 2 heterocycles. The van der Waals surface area contributed by atoms with Crippen molar-refractivity contribution < 1.29 is 22.4 Å². The third kappa shape index (κ3) is 5.74. The van der Waals surface area contributed by atoms with Gasteiger partial charge in [0.15, 0.2) is 0 Å². The van der Waals surface area contributed by atoms with Crippen molar-refractivity contribution in [2.24, 2.45) is 0 Å². The van der Waals surface area contributed by atoms with Gasteiger partial charge in [0.1, 0.15) is 5.76 Å². The van der Waals surface area contributed by atoms with Crippen LogP contribution in [0.4, 0.5) is 16.2 Å². The van der Waals surface area contributed by atoms with Crippen molar-refractivity contribution in [2.45, 2.75) is 26.2 Å². The molecule has 0 saturated carbocycles. The lowest BCUT2D eigenvalue weighted by atomic mass is 9.93. The molecule has 2 aromatic rings. The summed E-state index contributed by atoms with van der Waals surface area (Å²) in [7, 11) is -3.43. The van der Waals surface area contributed by atoms with E-state index in [9.17, 15) is 18.0 Å². The van der Waals surface area contributed by atoms with Gasteiger partial charge in [-0.05, 0) is 12.1 Å². The van der Waals surface area contributed by atoms with E-state index in [4.69, 9.17) is 27.6 Å². The Morgan fingerprint density at radius 1 is 1.12 bits per heavy atom. The number of sulfonamides is 1. The van der Waals surface area contributed by atoms with E-state index in [-0.39, 0.29) is 46.9 Å². The fourth-order valence-electron chi connectivity index (χ4n) is 2.99. The Bertz CT molecular complexity index is 1140. The number of carbonyl (C=O) groups excluding carboxylic acids is 2. The minimum absolute atomic E-state index is 0.00345. The van der Waals surface area contributed by atoms with Gasteiger partial charge in [0.2, 0.25) is 15.8 Å². The summed E-state index contributed by atoms with van der Waals surface area (Å²) < 4.78 is 31.8. The lowest BCUT2D eigenvalue weighted by Gasteiger charge is -2.19. The molecule has 9 nitrogen and oxygen atoms in total. The van der Waals surface area contributed by atoms with Crippen molar-refractivity contribution in [3.63, 3.8) is 0 Å². The fraction of sp³-hybridized carbons (Fsp3) is 0.400. The van der Waals surface area contributed by atoms with Crippen LogP contribution in [-0.4, -0.2) is 50.6 Å². The fourth-order valence-corrected chi connectivity index (χ4v) is 4.34. The molecule has 0 unspecified atom stereocenters. The highest BCUT2D eigenvalue weighted by molar-refractivity contribution is 7.89. The van der Waals surface area contributed by atoms with Crippen LogP contribution in [-0.2, 0) is 15.4 Å². The van der Waals surface area contributed by atoms with Gasteiger partial charge in [-0.2, -0.15) is 0 Å². The summed E-state index contributed by atoms with van der Waals surface area (Å²) in [6.07, 6.45) is 0. The van der Waals surface area contributed by atoms with Crippen molar-refractivity contribution in [1.82, 2.24) is 9.62 Å². The molecule has 1 fully saturated rings. The average molecular weight is 503 g/mol. The smallest absolute Gasteiger partial charge is 0.323 e. The van der Waals surface area contributed by atoms with Gasteiger partial charge in [-0.25, -0.2) is 17.9 Å². The number of rotatable bonds is 3. The number of hydrogen-bond acceptors (Lipinski definition) is 5. The summed E-state index contributed by atoms with van der Waals surface area (Å²) in [4.78, 5) is 27.2. The largest absolute Gasteiger partial charge is 0.453 e. The molecule has 3 N–H and O–H groups in total. The predicted octanol–water partition coefficient (Wildman–Crippen LogP) is 3.90. The summed E-state index contributed by atoms with van der Waals surface area (Å²) in [6, 6.07) is 5.74. The summed E-state index contributed by atoms with van der Waals surface area (Å²) in [5, 5.41) is 5.68. The van der Waals surface area contributed by atoms with Gasteiger partial charge >= 0.3 is 6.03 Å². The third-order valence-electron chi connectivity index (χ3n) is 4.73. The van der Waals surface area contributed by atoms with E-state index in [0.29, 0.717) is 11.4 Å². The molecule has 1 aromatic carbocycles. The topological polar surface area (TPSA) is 121 Å². The Morgan fingerprint density at radius 3 is 2.50 bits per heavy atom. The predicted molar refractivity (Wildman–Crippen MR) is 124 cm³/mol. The molecule has 0 bridgehead atoms. The number of anilines is 2. The molecule has 0 radical (unpaired) electrons. The molecule has 12 heteroatoms. The summed E-state index contributed by atoms with van der Waals surface area (Å²) in [5.74, 6) is -0.336. The summed E-state index contributed by atoms with van der Waals surface area (Å²) in [6.45, 7) is 5.97. The van der Waals surface area contributed by atoms with Crippen LogP contribution in [0.5, 0.6) is 0 Å². The van der Waals surface area contributed by atoms with Gasteiger partial charge in [0.25, 0.3) is 5.91 Å². The van der Waals surface area contributed by atoms with E-state index in [0.717, 1.165) is 0 Å². The van der Waals surface area contributed by atoms with Crippen LogP contribution in [0, 0.1) is 0 Å². The molecule has 0 aliphatic carbocycles. The Hall–Kier alpha value is -2.27. The van der Waals surface area contributed by atoms with E-state index >= 15 is 0 Å². The zero-order valence-electron chi connectivity index (χ0n) is 17.8. The normalized spacial score (nSPS) is 16.3. The number of nitrogens with one attached hydrogen (secondary N) is 3. The average Bonchev–Trinajstić information content (AvgIpc) is 3.02. The second kappa shape index (κ2) is 9.30. The van der Waals surface area contributed by atoms with Gasteiger partial charge in [-0.3, -0.25) is 4.79 Å². The van der Waals surface area contributed by atoms with Crippen molar-refractivity contribution in [3.05, 3.63) is 45.8 Å². The molecular weight excluding hydrogens is 479 g/mol. The van der Waals surface area contributed by atoms with Crippen LogP contribution < -0.4 is 15.4 Å². The zero-order valence-corrected chi connectivity index (χ0v) is 20.1. The molecule has 1 aromatic heterocycles. The molecule has 1 saturated heterocycles. The number of nitrogens with zero attached hydrogens (tertiary/aromatic N) is 1. The van der Waals surface area contributed by atoms with Crippen molar-refractivity contribution in [3.8, 4) is 0 Å². The summed E-state index contributed by atoms with van der Waals surface area (Å²) in [5.41, 5.74) is 0.0225. The monoisotopic (exact) mass is 502 g/mol. The van der Waals surface area contributed by atoms with E-state index in [2.05, 4.69) is 15.4 Å². The minimum atomic E-state index is -3.43.